The van der Waals surface area contributed by atoms with Crippen LogP contribution in [0.3, 0.4) is 0 Å². The third-order valence-corrected chi connectivity index (χ3v) is 8.47. The average molecular weight is 589 g/mol. The number of halogens is 3. The maximum Gasteiger partial charge on any atom is 0.389 e. The molecule has 4 aromatic carbocycles. The molecule has 0 radical (unpaired) electrons. The Balaban J connectivity index is 1.36. The molecule has 5 rings (SSSR count). The van der Waals surface area contributed by atoms with Crippen molar-refractivity contribution in [3.63, 3.8) is 0 Å². The van der Waals surface area contributed by atoms with Gasteiger partial charge in [0.05, 0.1) is 5.41 Å². The number of hydrogen-bond acceptors (Lipinski definition) is 3. The number of hydrogen-bond donors (Lipinski definition) is 2. The number of carbonyl (C=O) groups excluding carboxylic acids is 1. The SMILES string of the molecule is O=C(O)[C@H](CCCC(F)(F)F)NC(=O)C1(c2ccc(-c3ccccc3)cc2)CCN(Cc2ccc3ccccc3c2)CC1. The number of aliphatic carboxylic acids is 1. The van der Waals surface area contributed by atoms with Gasteiger partial charge in [-0.3, -0.25) is 9.69 Å². The van der Waals surface area contributed by atoms with Gasteiger partial charge in [0.25, 0.3) is 0 Å². The molecule has 224 valence electrons. The van der Waals surface area contributed by atoms with Crippen molar-refractivity contribution in [2.45, 2.75) is 56.3 Å². The first-order valence-electron chi connectivity index (χ1n) is 14.6. The monoisotopic (exact) mass is 588 g/mol. The quantitative estimate of drug-likeness (QED) is 0.203. The van der Waals surface area contributed by atoms with E-state index < -0.39 is 35.9 Å². The Morgan fingerprint density at radius 1 is 0.837 bits per heavy atom. The molecule has 0 unspecified atom stereocenters. The highest BCUT2D eigenvalue weighted by Gasteiger charge is 2.44. The molecular formula is C35H35F3N2O3. The number of carboxylic acids is 1. The Bertz CT molecular complexity index is 1550. The summed E-state index contributed by atoms with van der Waals surface area (Å²) in [6, 6.07) is 30.8. The Morgan fingerprint density at radius 2 is 1.47 bits per heavy atom. The molecule has 43 heavy (non-hydrogen) atoms. The highest BCUT2D eigenvalue weighted by molar-refractivity contribution is 5.92. The van der Waals surface area contributed by atoms with Crippen molar-refractivity contribution in [3.8, 4) is 11.1 Å². The van der Waals surface area contributed by atoms with Crippen LogP contribution >= 0.6 is 0 Å². The number of amides is 1. The normalized spacial score (nSPS) is 16.1. The van der Waals surface area contributed by atoms with Crippen molar-refractivity contribution in [3.05, 3.63) is 108 Å². The van der Waals surface area contributed by atoms with E-state index in [2.05, 4.69) is 40.5 Å². The second-order valence-electron chi connectivity index (χ2n) is 11.4. The van der Waals surface area contributed by atoms with Crippen molar-refractivity contribution >= 4 is 22.6 Å². The van der Waals surface area contributed by atoms with Gasteiger partial charge in [-0.2, -0.15) is 13.2 Å². The number of rotatable bonds is 10. The Kier molecular flexibility index (Phi) is 9.16. The van der Waals surface area contributed by atoms with Crippen molar-refractivity contribution in [2.24, 2.45) is 0 Å². The lowest BCUT2D eigenvalue weighted by molar-refractivity contribution is -0.145. The predicted molar refractivity (Wildman–Crippen MR) is 161 cm³/mol. The standard InChI is InChI=1S/C35H35F3N2O3/c36-35(37,38)18-6-11-31(32(41)42)39-33(43)34(30-16-14-28(15-17-30)26-7-2-1-3-8-26)19-21-40(22-20-34)24-25-12-13-27-9-4-5-10-29(27)23-25/h1-5,7-10,12-17,23,31H,6,11,18-22,24H2,(H,39,43)(H,41,42)/t31-/m0/s1. The van der Waals surface area contributed by atoms with Crippen molar-refractivity contribution in [1.29, 1.82) is 0 Å². The first kappa shape index (κ1) is 30.3. The zero-order valence-electron chi connectivity index (χ0n) is 23.8. The highest BCUT2D eigenvalue weighted by Crippen LogP contribution is 2.38. The van der Waals surface area contributed by atoms with E-state index in [0.29, 0.717) is 32.5 Å². The molecule has 0 spiro atoms. The van der Waals surface area contributed by atoms with Gasteiger partial charge in [0.2, 0.25) is 5.91 Å². The molecule has 0 saturated carbocycles. The number of nitrogens with zero attached hydrogens (tertiary/aromatic N) is 1. The summed E-state index contributed by atoms with van der Waals surface area (Å²) in [7, 11) is 0. The minimum atomic E-state index is -4.38. The zero-order valence-corrected chi connectivity index (χ0v) is 23.8. The van der Waals surface area contributed by atoms with Crippen LogP contribution in [0.25, 0.3) is 21.9 Å². The van der Waals surface area contributed by atoms with Gasteiger partial charge in [-0.25, -0.2) is 4.79 Å². The molecule has 1 amide bonds. The molecule has 0 aliphatic carbocycles. The minimum Gasteiger partial charge on any atom is -0.480 e. The van der Waals surface area contributed by atoms with E-state index in [9.17, 15) is 27.9 Å². The molecule has 0 bridgehead atoms. The van der Waals surface area contributed by atoms with Crippen LogP contribution in [-0.2, 0) is 21.5 Å². The molecule has 1 aliphatic heterocycles. The lowest BCUT2D eigenvalue weighted by atomic mass is 9.71. The summed E-state index contributed by atoms with van der Waals surface area (Å²) in [6.45, 7) is 1.92. The molecule has 2 N–H and O–H groups in total. The van der Waals surface area contributed by atoms with Gasteiger partial charge >= 0.3 is 12.1 Å². The van der Waals surface area contributed by atoms with Crippen LogP contribution in [-0.4, -0.2) is 47.2 Å². The van der Waals surface area contributed by atoms with Crippen molar-refractivity contribution in [1.82, 2.24) is 10.2 Å². The zero-order chi connectivity index (χ0) is 30.5. The number of carboxylic acid groups (broad SMARTS) is 1. The number of likely N-dealkylation sites (tertiary alicyclic amines) is 1. The van der Waals surface area contributed by atoms with Crippen LogP contribution in [0.2, 0.25) is 0 Å². The van der Waals surface area contributed by atoms with Crippen LogP contribution in [0.1, 0.15) is 43.2 Å². The van der Waals surface area contributed by atoms with E-state index in [4.69, 9.17) is 0 Å². The minimum absolute atomic E-state index is 0.294. The van der Waals surface area contributed by atoms with Gasteiger partial charge in [0.1, 0.15) is 6.04 Å². The maximum absolute atomic E-state index is 13.9. The third-order valence-electron chi connectivity index (χ3n) is 8.47. The second-order valence-corrected chi connectivity index (χ2v) is 11.4. The molecule has 1 aliphatic rings. The summed E-state index contributed by atoms with van der Waals surface area (Å²) in [4.78, 5) is 28.2. The number of benzene rings is 4. The molecule has 4 aromatic rings. The fourth-order valence-corrected chi connectivity index (χ4v) is 6.01. The lowest BCUT2D eigenvalue weighted by Crippen LogP contribution is -2.55. The molecule has 1 fully saturated rings. The van der Waals surface area contributed by atoms with Crippen LogP contribution in [0.5, 0.6) is 0 Å². The van der Waals surface area contributed by atoms with E-state index in [1.807, 2.05) is 66.7 Å². The molecule has 0 aromatic heterocycles. The Labute approximate surface area is 249 Å². The summed E-state index contributed by atoms with van der Waals surface area (Å²) < 4.78 is 38.2. The Hall–Kier alpha value is -4.17. The average Bonchev–Trinajstić information content (AvgIpc) is 3.01. The largest absolute Gasteiger partial charge is 0.480 e. The summed E-state index contributed by atoms with van der Waals surface area (Å²) in [6.07, 6.45) is -5.25. The predicted octanol–water partition coefficient (Wildman–Crippen LogP) is 7.34. The summed E-state index contributed by atoms with van der Waals surface area (Å²) in [5.74, 6) is -1.79. The van der Waals surface area contributed by atoms with Crippen LogP contribution < -0.4 is 5.32 Å². The smallest absolute Gasteiger partial charge is 0.389 e. The molecule has 1 heterocycles. The summed E-state index contributed by atoms with van der Waals surface area (Å²) in [5, 5.41) is 14.7. The van der Waals surface area contributed by atoms with Gasteiger partial charge < -0.3 is 10.4 Å². The van der Waals surface area contributed by atoms with Gasteiger partial charge in [-0.1, -0.05) is 91.0 Å². The number of piperidine rings is 1. The molecule has 5 nitrogen and oxygen atoms in total. The van der Waals surface area contributed by atoms with Gasteiger partial charge in [-0.15, -0.1) is 0 Å². The lowest BCUT2D eigenvalue weighted by Gasteiger charge is -2.41. The van der Waals surface area contributed by atoms with E-state index in [1.165, 1.54) is 10.9 Å². The van der Waals surface area contributed by atoms with Crippen molar-refractivity contribution in [2.75, 3.05) is 13.1 Å². The summed E-state index contributed by atoms with van der Waals surface area (Å²) in [5.41, 5.74) is 2.96. The number of fused-ring (bicyclic) bond motifs is 1. The second kappa shape index (κ2) is 13.0. The molecule has 1 atom stereocenters. The Morgan fingerprint density at radius 3 is 2.12 bits per heavy atom. The van der Waals surface area contributed by atoms with Crippen LogP contribution in [0.15, 0.2) is 97.1 Å². The molecule has 8 heteroatoms. The highest BCUT2D eigenvalue weighted by atomic mass is 19.4. The van der Waals surface area contributed by atoms with Gasteiger partial charge in [0, 0.05) is 13.0 Å². The van der Waals surface area contributed by atoms with Gasteiger partial charge in [-0.05, 0) is 77.9 Å². The third kappa shape index (κ3) is 7.43. The molecular weight excluding hydrogens is 553 g/mol. The summed E-state index contributed by atoms with van der Waals surface area (Å²) >= 11 is 0. The first-order chi connectivity index (χ1) is 20.6. The fraction of sp³-hybridized carbons (Fsp3) is 0.314. The number of carbonyl (C=O) groups is 2. The van der Waals surface area contributed by atoms with E-state index in [-0.39, 0.29) is 12.8 Å². The van der Waals surface area contributed by atoms with Gasteiger partial charge in [0.15, 0.2) is 0 Å². The number of nitrogens with one attached hydrogen (secondary N) is 1. The van der Waals surface area contributed by atoms with Crippen LogP contribution in [0, 0.1) is 0 Å². The van der Waals surface area contributed by atoms with Crippen LogP contribution in [0.4, 0.5) is 13.2 Å². The van der Waals surface area contributed by atoms with E-state index in [0.717, 1.165) is 22.1 Å². The first-order valence-corrected chi connectivity index (χ1v) is 14.6. The van der Waals surface area contributed by atoms with E-state index >= 15 is 0 Å². The van der Waals surface area contributed by atoms with Crippen molar-refractivity contribution < 1.29 is 27.9 Å². The topological polar surface area (TPSA) is 69.6 Å². The fourth-order valence-electron chi connectivity index (χ4n) is 6.01. The van der Waals surface area contributed by atoms with E-state index in [1.54, 1.807) is 0 Å². The number of alkyl halides is 3. The maximum atomic E-state index is 13.9. The molecule has 1 saturated heterocycles.